The molecule has 3 aromatic heterocycles. The monoisotopic (exact) mass is 376 g/mol. The van der Waals surface area contributed by atoms with Gasteiger partial charge in [0, 0.05) is 39.4 Å². The van der Waals surface area contributed by atoms with Crippen LogP contribution in [0.15, 0.2) is 60.3 Å². The van der Waals surface area contributed by atoms with Gasteiger partial charge in [-0.05, 0) is 29.1 Å². The number of benzene rings is 3. The largest absolute Gasteiger partial charge is 0.344 e. The molecule has 0 unspecified atom stereocenters. The quantitative estimate of drug-likeness (QED) is 0.296. The Morgan fingerprint density at radius 3 is 2.36 bits per heavy atom. The molecule has 0 bridgehead atoms. The second-order valence-corrected chi connectivity index (χ2v) is 13.0. The van der Waals surface area contributed by atoms with Crippen LogP contribution in [0.3, 0.4) is 0 Å². The zero-order valence-corrected chi connectivity index (χ0v) is 17.2. The lowest BCUT2D eigenvalue weighted by molar-refractivity contribution is 1.01. The maximum atomic E-state index is 2.62. The molecule has 0 amide bonds. The van der Waals surface area contributed by atoms with Crippen LogP contribution in [0.2, 0.25) is 13.1 Å². The van der Waals surface area contributed by atoms with Crippen molar-refractivity contribution in [1.29, 1.82) is 0 Å². The number of fused-ring (bicyclic) bond motifs is 6. The highest BCUT2D eigenvalue weighted by Gasteiger charge is 2.34. The fraction of sp³-hybridized carbons (Fsp3) is 0.120. The Kier molecular flexibility index (Phi) is 2.40. The summed E-state index contributed by atoms with van der Waals surface area (Å²) in [5.74, 6) is 0. The molecule has 3 aromatic carbocycles. The smallest absolute Gasteiger partial charge is 0.126 e. The number of rotatable bonds is 0. The van der Waals surface area contributed by atoms with E-state index in [1.807, 2.05) is 0 Å². The van der Waals surface area contributed by atoms with Crippen molar-refractivity contribution in [3.63, 3.8) is 0 Å². The van der Waals surface area contributed by atoms with Gasteiger partial charge in [0.05, 0.1) is 16.6 Å². The van der Waals surface area contributed by atoms with Gasteiger partial charge in [-0.2, -0.15) is 0 Å². The lowest BCUT2D eigenvalue weighted by Crippen LogP contribution is -2.41. The summed E-state index contributed by atoms with van der Waals surface area (Å²) in [4.78, 5) is 0. The summed E-state index contributed by atoms with van der Waals surface area (Å²) in [6.45, 7) is 4.94. The summed E-state index contributed by atoms with van der Waals surface area (Å²) in [6, 6.07) is 20.4. The van der Waals surface area contributed by atoms with Gasteiger partial charge in [0.25, 0.3) is 0 Å². The number of hydrogen-bond donors (Lipinski definition) is 0. The summed E-state index contributed by atoms with van der Waals surface area (Å²) in [5.41, 5.74) is 9.30. The first-order valence-electron chi connectivity index (χ1n) is 9.96. The molecule has 7 rings (SSSR count). The first-order valence-corrected chi connectivity index (χ1v) is 13.0. The maximum absolute atomic E-state index is 2.62. The number of aryl methyl sites for hydroxylation is 1. The third-order valence-corrected chi connectivity index (χ3v) is 9.59. The zero-order valence-electron chi connectivity index (χ0n) is 16.2. The molecule has 1 aliphatic heterocycles. The van der Waals surface area contributed by atoms with Crippen molar-refractivity contribution in [1.82, 2.24) is 8.97 Å². The van der Waals surface area contributed by atoms with Crippen molar-refractivity contribution in [2.75, 3.05) is 0 Å². The van der Waals surface area contributed by atoms with Crippen LogP contribution in [0.5, 0.6) is 0 Å². The lowest BCUT2D eigenvalue weighted by atomic mass is 10.0. The first-order chi connectivity index (χ1) is 13.6. The van der Waals surface area contributed by atoms with Crippen LogP contribution >= 0.6 is 0 Å². The third-order valence-electron chi connectivity index (χ3n) is 6.88. The summed E-state index contributed by atoms with van der Waals surface area (Å²) < 4.78 is 4.98. The molecule has 0 spiro atoms. The Bertz CT molecular complexity index is 1640. The number of para-hydroxylation sites is 1. The predicted octanol–water partition coefficient (Wildman–Crippen LogP) is 5.81. The predicted molar refractivity (Wildman–Crippen MR) is 124 cm³/mol. The van der Waals surface area contributed by atoms with Gasteiger partial charge in [-0.1, -0.05) is 61.3 Å². The van der Waals surface area contributed by atoms with Gasteiger partial charge in [0.2, 0.25) is 0 Å². The molecule has 0 saturated carbocycles. The standard InChI is InChI=1S/C25H20N2Si/c1-26-20-10-6-8-16-15-7-4-5-9-19(15)27-24-17(11-12-21(26)23(24)22(16)20)18-13-14-28(2,3)25(18)27/h4-14H,1-3H3. The molecule has 0 atom stereocenters. The molecule has 134 valence electrons. The van der Waals surface area contributed by atoms with Gasteiger partial charge in [0.1, 0.15) is 8.07 Å². The fourth-order valence-electron chi connectivity index (χ4n) is 5.66. The van der Waals surface area contributed by atoms with Crippen LogP contribution in [0, 0.1) is 0 Å². The SMILES string of the molecule is Cn1c2cccc3c4ccccc4n4c5c(c6ccc1c(c32)c64)C=C[Si]5(C)C. The van der Waals surface area contributed by atoms with Crippen molar-refractivity contribution in [2.45, 2.75) is 13.1 Å². The number of hydrogen-bond acceptors (Lipinski definition) is 0. The minimum Gasteiger partial charge on any atom is -0.344 e. The molecule has 1 aliphatic rings. The number of nitrogens with zero attached hydrogens (tertiary/aromatic N) is 2. The highest BCUT2D eigenvalue weighted by molar-refractivity contribution is 6.96. The molecule has 3 heteroatoms. The van der Waals surface area contributed by atoms with Crippen molar-refractivity contribution in [2.24, 2.45) is 7.05 Å². The highest BCUT2D eigenvalue weighted by atomic mass is 28.3. The number of aromatic nitrogens is 2. The van der Waals surface area contributed by atoms with Crippen LogP contribution < -0.4 is 5.32 Å². The molecule has 0 radical (unpaired) electrons. The van der Waals surface area contributed by atoms with Crippen molar-refractivity contribution in [3.8, 4) is 0 Å². The van der Waals surface area contributed by atoms with Crippen molar-refractivity contribution in [3.05, 3.63) is 65.9 Å². The molecule has 0 fully saturated rings. The third kappa shape index (κ3) is 1.46. The van der Waals surface area contributed by atoms with Gasteiger partial charge in [-0.3, -0.25) is 0 Å². The molecule has 4 heterocycles. The van der Waals surface area contributed by atoms with Crippen LogP contribution in [-0.4, -0.2) is 17.0 Å². The van der Waals surface area contributed by atoms with E-state index in [0.717, 1.165) is 0 Å². The van der Waals surface area contributed by atoms with Crippen LogP contribution in [0.1, 0.15) is 5.56 Å². The van der Waals surface area contributed by atoms with Gasteiger partial charge >= 0.3 is 0 Å². The van der Waals surface area contributed by atoms with Gasteiger partial charge in [0.15, 0.2) is 0 Å². The minimum absolute atomic E-state index is 1.32. The second kappa shape index (κ2) is 4.50. The van der Waals surface area contributed by atoms with Gasteiger partial charge in [-0.15, -0.1) is 0 Å². The van der Waals surface area contributed by atoms with E-state index in [1.54, 1.807) is 5.32 Å². The fourth-order valence-corrected chi connectivity index (χ4v) is 8.13. The van der Waals surface area contributed by atoms with E-state index in [2.05, 4.69) is 95.5 Å². The lowest BCUT2D eigenvalue weighted by Gasteiger charge is -2.16. The normalized spacial score (nSPS) is 15.8. The zero-order chi connectivity index (χ0) is 18.8. The van der Waals surface area contributed by atoms with E-state index in [9.17, 15) is 0 Å². The molecule has 6 aromatic rings. The summed E-state index contributed by atoms with van der Waals surface area (Å²) in [7, 11) is 0.561. The van der Waals surface area contributed by atoms with Crippen LogP contribution in [-0.2, 0) is 7.05 Å². The van der Waals surface area contributed by atoms with Crippen molar-refractivity contribution >= 4 is 68.5 Å². The minimum atomic E-state index is -1.64. The van der Waals surface area contributed by atoms with E-state index in [0.29, 0.717) is 0 Å². The summed E-state index contributed by atoms with van der Waals surface area (Å²) >= 11 is 0. The Balaban J connectivity index is 2.01. The molecule has 2 nitrogen and oxygen atoms in total. The van der Waals surface area contributed by atoms with Gasteiger partial charge in [-0.25, -0.2) is 0 Å². The Labute approximate surface area is 163 Å². The molecular formula is C25H20N2Si. The molecule has 0 N–H and O–H groups in total. The molecule has 28 heavy (non-hydrogen) atoms. The molecular weight excluding hydrogens is 356 g/mol. The topological polar surface area (TPSA) is 9.34 Å². The summed E-state index contributed by atoms with van der Waals surface area (Å²) in [6.07, 6.45) is 2.39. The van der Waals surface area contributed by atoms with E-state index in [1.165, 1.54) is 54.6 Å². The van der Waals surface area contributed by atoms with E-state index in [4.69, 9.17) is 0 Å². The molecule has 0 aliphatic carbocycles. The van der Waals surface area contributed by atoms with Crippen LogP contribution in [0.4, 0.5) is 0 Å². The summed E-state index contributed by atoms with van der Waals surface area (Å²) in [5, 5.41) is 8.45. The average Bonchev–Trinajstić information content (AvgIpc) is 3.27. The Hall–Kier alpha value is -3.04. The van der Waals surface area contributed by atoms with E-state index >= 15 is 0 Å². The van der Waals surface area contributed by atoms with Gasteiger partial charge < -0.3 is 8.97 Å². The maximum Gasteiger partial charge on any atom is 0.126 e. The van der Waals surface area contributed by atoms with Crippen LogP contribution in [0.25, 0.3) is 55.1 Å². The van der Waals surface area contributed by atoms with E-state index < -0.39 is 8.07 Å². The van der Waals surface area contributed by atoms with E-state index in [-0.39, 0.29) is 0 Å². The Morgan fingerprint density at radius 2 is 1.46 bits per heavy atom. The Morgan fingerprint density at radius 1 is 0.714 bits per heavy atom. The second-order valence-electron chi connectivity index (χ2n) is 8.78. The highest BCUT2D eigenvalue weighted by Crippen LogP contribution is 2.42. The average molecular weight is 377 g/mol. The van der Waals surface area contributed by atoms with Crippen molar-refractivity contribution < 1.29 is 0 Å². The molecule has 0 saturated heterocycles. The first kappa shape index (κ1) is 14.9.